The van der Waals surface area contributed by atoms with Crippen LogP contribution in [0.2, 0.25) is 5.02 Å². The van der Waals surface area contributed by atoms with Gasteiger partial charge in [0.1, 0.15) is 5.75 Å². The molecule has 21 heavy (non-hydrogen) atoms. The van der Waals surface area contributed by atoms with Crippen molar-refractivity contribution in [2.75, 3.05) is 0 Å². The van der Waals surface area contributed by atoms with E-state index in [0.29, 0.717) is 17.1 Å². The van der Waals surface area contributed by atoms with Gasteiger partial charge in [0, 0.05) is 42.1 Å². The van der Waals surface area contributed by atoms with Gasteiger partial charge in [-0.1, -0.05) is 11.6 Å². The summed E-state index contributed by atoms with van der Waals surface area (Å²) in [5, 5.41) is 3.73. The van der Waals surface area contributed by atoms with Crippen LogP contribution in [-0.2, 0) is 13.1 Å². The van der Waals surface area contributed by atoms with Crippen molar-refractivity contribution in [3.8, 4) is 5.75 Å². The molecule has 2 rings (SSSR count). The third-order valence-corrected chi connectivity index (χ3v) is 3.16. The number of benzene rings is 1. The van der Waals surface area contributed by atoms with Crippen molar-refractivity contribution in [1.82, 2.24) is 14.9 Å². The van der Waals surface area contributed by atoms with Crippen LogP contribution >= 0.6 is 11.6 Å². The SMILES string of the molecule is CC(Cn1ccnc1)NCc1cc(Cl)ccc1OC(F)F. The molecule has 0 bridgehead atoms. The lowest BCUT2D eigenvalue weighted by Crippen LogP contribution is -2.29. The number of halogens is 3. The molecule has 4 nitrogen and oxygen atoms in total. The minimum absolute atomic E-state index is 0.136. The minimum atomic E-state index is -2.85. The average molecular weight is 316 g/mol. The maximum atomic E-state index is 12.4. The van der Waals surface area contributed by atoms with Crippen LogP contribution in [-0.4, -0.2) is 22.2 Å². The number of aromatic nitrogens is 2. The molecule has 2 aromatic rings. The van der Waals surface area contributed by atoms with Crippen LogP contribution in [0.25, 0.3) is 0 Å². The lowest BCUT2D eigenvalue weighted by atomic mass is 10.2. The zero-order valence-electron chi connectivity index (χ0n) is 11.5. The fraction of sp³-hybridized carbons (Fsp3) is 0.357. The van der Waals surface area contributed by atoms with Gasteiger partial charge in [0.2, 0.25) is 0 Å². The van der Waals surface area contributed by atoms with Crippen LogP contribution in [0.1, 0.15) is 12.5 Å². The molecule has 1 aromatic carbocycles. The van der Waals surface area contributed by atoms with Gasteiger partial charge < -0.3 is 14.6 Å². The fourth-order valence-electron chi connectivity index (χ4n) is 1.96. The van der Waals surface area contributed by atoms with E-state index in [2.05, 4.69) is 15.0 Å². The summed E-state index contributed by atoms with van der Waals surface area (Å²) in [6.07, 6.45) is 5.30. The lowest BCUT2D eigenvalue weighted by molar-refractivity contribution is -0.0505. The maximum absolute atomic E-state index is 12.4. The van der Waals surface area contributed by atoms with Gasteiger partial charge in [-0.15, -0.1) is 0 Å². The Bertz CT molecular complexity index is 563. The van der Waals surface area contributed by atoms with Crippen LogP contribution < -0.4 is 10.1 Å². The highest BCUT2D eigenvalue weighted by molar-refractivity contribution is 6.30. The van der Waals surface area contributed by atoms with E-state index >= 15 is 0 Å². The molecule has 0 aliphatic heterocycles. The van der Waals surface area contributed by atoms with Crippen LogP contribution in [0, 0.1) is 0 Å². The molecule has 0 fully saturated rings. The quantitative estimate of drug-likeness (QED) is 0.852. The Kier molecular flexibility index (Phi) is 5.52. The van der Waals surface area contributed by atoms with Gasteiger partial charge in [0.25, 0.3) is 0 Å². The zero-order chi connectivity index (χ0) is 15.2. The molecule has 1 N–H and O–H groups in total. The predicted molar refractivity (Wildman–Crippen MR) is 76.6 cm³/mol. The summed E-state index contributed by atoms with van der Waals surface area (Å²) >= 11 is 5.90. The average Bonchev–Trinajstić information content (AvgIpc) is 2.91. The molecule has 0 aliphatic carbocycles. The molecule has 0 amide bonds. The van der Waals surface area contributed by atoms with Crippen molar-refractivity contribution in [3.63, 3.8) is 0 Å². The summed E-state index contributed by atoms with van der Waals surface area (Å²) < 4.78 is 31.2. The van der Waals surface area contributed by atoms with Gasteiger partial charge in [0.05, 0.1) is 6.33 Å². The van der Waals surface area contributed by atoms with Gasteiger partial charge in [-0.3, -0.25) is 0 Å². The Labute approximate surface area is 126 Å². The first-order chi connectivity index (χ1) is 10.0. The van der Waals surface area contributed by atoms with E-state index in [4.69, 9.17) is 11.6 Å². The molecule has 7 heteroatoms. The number of nitrogens with zero attached hydrogens (tertiary/aromatic N) is 2. The number of imidazole rings is 1. The molecule has 0 aliphatic rings. The van der Waals surface area contributed by atoms with Gasteiger partial charge in [-0.2, -0.15) is 8.78 Å². The highest BCUT2D eigenvalue weighted by Gasteiger charge is 2.11. The maximum Gasteiger partial charge on any atom is 0.387 e. The Morgan fingerprint density at radius 2 is 2.24 bits per heavy atom. The van der Waals surface area contributed by atoms with Crippen LogP contribution in [0.3, 0.4) is 0 Å². The second kappa shape index (κ2) is 7.38. The Balaban J connectivity index is 1.96. The molecule has 1 aromatic heterocycles. The zero-order valence-corrected chi connectivity index (χ0v) is 12.2. The largest absolute Gasteiger partial charge is 0.434 e. The molecular formula is C14H16ClF2N3O. The Morgan fingerprint density at radius 3 is 2.90 bits per heavy atom. The van der Waals surface area contributed by atoms with Crippen molar-refractivity contribution in [2.24, 2.45) is 0 Å². The number of nitrogens with one attached hydrogen (secondary N) is 1. The first-order valence-electron chi connectivity index (χ1n) is 6.47. The van der Waals surface area contributed by atoms with E-state index in [1.165, 1.54) is 12.1 Å². The lowest BCUT2D eigenvalue weighted by Gasteiger charge is -2.16. The monoisotopic (exact) mass is 315 g/mol. The molecule has 114 valence electrons. The molecular weight excluding hydrogens is 300 g/mol. The minimum Gasteiger partial charge on any atom is -0.434 e. The van der Waals surface area contributed by atoms with Crippen molar-refractivity contribution in [1.29, 1.82) is 0 Å². The van der Waals surface area contributed by atoms with E-state index < -0.39 is 6.61 Å². The first kappa shape index (κ1) is 15.7. The standard InChI is InChI=1S/C14H16ClF2N3O/c1-10(8-20-5-4-18-9-20)19-7-11-6-12(15)2-3-13(11)21-14(16)17/h2-6,9-10,14,19H,7-8H2,1H3. The molecule has 0 spiro atoms. The van der Waals surface area contributed by atoms with Gasteiger partial charge in [-0.05, 0) is 25.1 Å². The summed E-state index contributed by atoms with van der Waals surface area (Å²) in [5.41, 5.74) is 0.597. The highest BCUT2D eigenvalue weighted by atomic mass is 35.5. The van der Waals surface area contributed by atoms with Crippen molar-refractivity contribution in [2.45, 2.75) is 32.7 Å². The Hall–Kier alpha value is -1.66. The van der Waals surface area contributed by atoms with Gasteiger partial charge in [0.15, 0.2) is 0 Å². The van der Waals surface area contributed by atoms with Gasteiger partial charge in [-0.25, -0.2) is 4.98 Å². The van der Waals surface area contributed by atoms with Crippen LogP contribution in [0.15, 0.2) is 36.9 Å². The van der Waals surface area contributed by atoms with Crippen LogP contribution in [0.4, 0.5) is 8.78 Å². The molecule has 0 saturated carbocycles. The number of hydrogen-bond acceptors (Lipinski definition) is 3. The smallest absolute Gasteiger partial charge is 0.387 e. The summed E-state index contributed by atoms with van der Waals surface area (Å²) in [4.78, 5) is 3.97. The third kappa shape index (κ3) is 4.99. The highest BCUT2D eigenvalue weighted by Crippen LogP contribution is 2.24. The van der Waals surface area contributed by atoms with Gasteiger partial charge >= 0.3 is 6.61 Å². The fourth-order valence-corrected chi connectivity index (χ4v) is 2.15. The van der Waals surface area contributed by atoms with E-state index in [-0.39, 0.29) is 11.8 Å². The van der Waals surface area contributed by atoms with E-state index in [0.717, 1.165) is 6.54 Å². The molecule has 0 radical (unpaired) electrons. The van der Waals surface area contributed by atoms with E-state index in [1.54, 1.807) is 18.6 Å². The summed E-state index contributed by atoms with van der Waals surface area (Å²) in [7, 11) is 0. The molecule has 0 saturated heterocycles. The summed E-state index contributed by atoms with van der Waals surface area (Å²) in [5.74, 6) is 0.136. The number of ether oxygens (including phenoxy) is 1. The molecule has 1 heterocycles. The summed E-state index contributed by atoms with van der Waals surface area (Å²) in [6, 6.07) is 4.73. The number of alkyl halides is 2. The topological polar surface area (TPSA) is 39.1 Å². The van der Waals surface area contributed by atoms with E-state index in [9.17, 15) is 8.78 Å². The molecule has 1 unspecified atom stereocenters. The predicted octanol–water partition coefficient (Wildman–Crippen LogP) is 3.32. The van der Waals surface area contributed by atoms with Crippen molar-refractivity contribution in [3.05, 3.63) is 47.5 Å². The van der Waals surface area contributed by atoms with E-state index in [1.807, 2.05) is 17.7 Å². The van der Waals surface area contributed by atoms with Crippen molar-refractivity contribution < 1.29 is 13.5 Å². The normalized spacial score (nSPS) is 12.6. The second-order valence-electron chi connectivity index (χ2n) is 4.67. The third-order valence-electron chi connectivity index (χ3n) is 2.92. The summed E-state index contributed by atoms with van der Waals surface area (Å²) in [6.45, 7) is 0.260. The molecule has 1 atom stereocenters. The first-order valence-corrected chi connectivity index (χ1v) is 6.84. The van der Waals surface area contributed by atoms with Crippen LogP contribution in [0.5, 0.6) is 5.75 Å². The van der Waals surface area contributed by atoms with Crippen molar-refractivity contribution >= 4 is 11.6 Å². The Morgan fingerprint density at radius 1 is 1.43 bits per heavy atom. The number of rotatable bonds is 7. The number of hydrogen-bond donors (Lipinski definition) is 1. The second-order valence-corrected chi connectivity index (χ2v) is 5.11.